The minimum Gasteiger partial charge on any atom is -0.496 e. The number of carboxylic acid groups (broad SMARTS) is 1. The molecule has 110 valence electrons. The van der Waals surface area contributed by atoms with Gasteiger partial charge in [0.1, 0.15) is 11.6 Å². The van der Waals surface area contributed by atoms with Crippen molar-refractivity contribution in [2.75, 3.05) is 7.11 Å². The summed E-state index contributed by atoms with van der Waals surface area (Å²) in [6, 6.07) is 3.95. The zero-order valence-electron chi connectivity index (χ0n) is 11.0. The van der Waals surface area contributed by atoms with Crippen LogP contribution in [-0.2, 0) is 10.2 Å². The second-order valence-corrected chi connectivity index (χ2v) is 5.06. The van der Waals surface area contributed by atoms with E-state index in [0.29, 0.717) is 0 Å². The van der Waals surface area contributed by atoms with Crippen molar-refractivity contribution >= 4 is 5.97 Å². The molecule has 0 amide bonds. The summed E-state index contributed by atoms with van der Waals surface area (Å²) in [5.41, 5.74) is -1.79. The molecule has 0 aromatic heterocycles. The van der Waals surface area contributed by atoms with Crippen LogP contribution in [0.15, 0.2) is 18.2 Å². The third-order valence-corrected chi connectivity index (χ3v) is 3.92. The maximum Gasteiger partial charge on any atom is 0.314 e. The Kier molecular flexibility index (Phi) is 3.67. The third-order valence-electron chi connectivity index (χ3n) is 3.92. The Morgan fingerprint density at radius 1 is 1.25 bits per heavy atom. The smallest absolute Gasteiger partial charge is 0.314 e. The molecule has 2 rings (SSSR count). The van der Waals surface area contributed by atoms with Crippen molar-refractivity contribution in [2.24, 2.45) is 0 Å². The van der Waals surface area contributed by atoms with Gasteiger partial charge >= 0.3 is 5.97 Å². The fourth-order valence-corrected chi connectivity index (χ4v) is 2.75. The molecule has 6 heteroatoms. The molecule has 1 saturated carbocycles. The van der Waals surface area contributed by atoms with Crippen LogP contribution in [0.3, 0.4) is 0 Å². The molecule has 0 saturated heterocycles. The normalized spacial score (nSPS) is 20.4. The van der Waals surface area contributed by atoms with E-state index < -0.39 is 36.0 Å². The highest BCUT2D eigenvalue weighted by Crippen LogP contribution is 2.48. The van der Waals surface area contributed by atoms with Crippen molar-refractivity contribution in [3.05, 3.63) is 29.6 Å². The van der Waals surface area contributed by atoms with Gasteiger partial charge in [-0.05, 0) is 25.0 Å². The molecule has 1 aliphatic carbocycles. The lowest BCUT2D eigenvalue weighted by Crippen LogP contribution is -2.43. The summed E-state index contributed by atoms with van der Waals surface area (Å²) >= 11 is 0. The summed E-state index contributed by atoms with van der Waals surface area (Å²) in [6.07, 6.45) is -1.77. The number of halogens is 3. The molecular weight excluding hydrogens is 273 g/mol. The lowest BCUT2D eigenvalue weighted by atomic mass is 9.68. The Labute approximate surface area is 114 Å². The largest absolute Gasteiger partial charge is 0.496 e. The molecule has 3 nitrogen and oxygen atoms in total. The van der Waals surface area contributed by atoms with Crippen molar-refractivity contribution in [3.63, 3.8) is 0 Å². The standard InChI is InChI=1S/C14H15F3O3/c1-20-10-4-2-3-9(15)11(10)13(12(18)19)5-7-14(16,17)8-6-13/h2-4H,5-8H2,1H3,(H,18,19). The minimum atomic E-state index is -2.89. The Balaban J connectivity index is 2.53. The molecule has 0 aliphatic heterocycles. The van der Waals surface area contributed by atoms with Crippen molar-refractivity contribution in [2.45, 2.75) is 37.0 Å². The van der Waals surface area contributed by atoms with Crippen molar-refractivity contribution in [3.8, 4) is 5.75 Å². The second kappa shape index (κ2) is 5.00. The fourth-order valence-electron chi connectivity index (χ4n) is 2.75. The van der Waals surface area contributed by atoms with E-state index in [0.717, 1.165) is 6.07 Å². The molecule has 0 atom stereocenters. The summed E-state index contributed by atoms with van der Waals surface area (Å²) in [5, 5.41) is 9.49. The van der Waals surface area contributed by atoms with Crippen molar-refractivity contribution in [1.29, 1.82) is 0 Å². The second-order valence-electron chi connectivity index (χ2n) is 5.06. The highest BCUT2D eigenvalue weighted by molar-refractivity contribution is 5.83. The lowest BCUT2D eigenvalue weighted by molar-refractivity contribution is -0.149. The van der Waals surface area contributed by atoms with Crippen LogP contribution in [-0.4, -0.2) is 24.1 Å². The zero-order valence-corrected chi connectivity index (χ0v) is 11.0. The number of carboxylic acids is 1. The SMILES string of the molecule is COc1cccc(F)c1C1(C(=O)O)CCC(F)(F)CC1. The zero-order chi connectivity index (χ0) is 15.0. The molecule has 1 aromatic carbocycles. The first-order chi connectivity index (χ1) is 9.32. The number of rotatable bonds is 3. The average molecular weight is 288 g/mol. The van der Waals surface area contributed by atoms with Gasteiger partial charge in [-0.25, -0.2) is 13.2 Å². The van der Waals surface area contributed by atoms with Gasteiger partial charge < -0.3 is 9.84 Å². The lowest BCUT2D eigenvalue weighted by Gasteiger charge is -2.37. The maximum atomic E-state index is 14.1. The van der Waals surface area contributed by atoms with E-state index in [2.05, 4.69) is 0 Å². The summed E-state index contributed by atoms with van der Waals surface area (Å²) in [5.74, 6) is -4.84. The molecule has 1 aromatic rings. The molecule has 0 spiro atoms. The first-order valence-corrected chi connectivity index (χ1v) is 6.27. The van der Waals surface area contributed by atoms with Crippen LogP contribution in [0, 0.1) is 5.82 Å². The molecule has 1 aliphatic rings. The predicted molar refractivity (Wildman–Crippen MR) is 65.7 cm³/mol. The van der Waals surface area contributed by atoms with Gasteiger partial charge in [0, 0.05) is 18.4 Å². The van der Waals surface area contributed by atoms with Crippen LogP contribution in [0.5, 0.6) is 5.75 Å². The first kappa shape index (κ1) is 14.7. The maximum absolute atomic E-state index is 14.1. The highest BCUT2D eigenvalue weighted by atomic mass is 19.3. The number of benzene rings is 1. The van der Waals surface area contributed by atoms with Gasteiger partial charge in [-0.15, -0.1) is 0 Å². The van der Waals surface area contributed by atoms with E-state index in [9.17, 15) is 23.1 Å². The Hall–Kier alpha value is -1.72. The van der Waals surface area contributed by atoms with Crippen molar-refractivity contribution in [1.82, 2.24) is 0 Å². The number of hydrogen-bond donors (Lipinski definition) is 1. The molecule has 0 bridgehead atoms. The van der Waals surface area contributed by atoms with Crippen LogP contribution in [0.1, 0.15) is 31.2 Å². The topological polar surface area (TPSA) is 46.5 Å². The molecule has 1 fully saturated rings. The van der Waals surface area contributed by atoms with E-state index in [1.165, 1.54) is 19.2 Å². The molecule has 0 radical (unpaired) electrons. The van der Waals surface area contributed by atoms with Gasteiger partial charge in [0.25, 0.3) is 0 Å². The first-order valence-electron chi connectivity index (χ1n) is 6.27. The van der Waals surface area contributed by atoms with Gasteiger partial charge in [0.15, 0.2) is 0 Å². The molecule has 0 unspecified atom stereocenters. The van der Waals surface area contributed by atoms with Gasteiger partial charge in [0.05, 0.1) is 12.5 Å². The predicted octanol–water partition coefficient (Wildman–Crippen LogP) is 3.37. The van der Waals surface area contributed by atoms with E-state index in [4.69, 9.17) is 4.74 Å². The summed E-state index contributed by atoms with van der Waals surface area (Å²) in [7, 11) is 1.30. The van der Waals surface area contributed by atoms with Gasteiger partial charge in [0.2, 0.25) is 5.92 Å². The van der Waals surface area contributed by atoms with E-state index in [1.807, 2.05) is 0 Å². The van der Waals surface area contributed by atoms with Crippen molar-refractivity contribution < 1.29 is 27.8 Å². The Morgan fingerprint density at radius 3 is 2.35 bits per heavy atom. The molecule has 0 heterocycles. The Bertz CT molecular complexity index is 518. The molecular formula is C14H15F3O3. The van der Waals surface area contributed by atoms with Gasteiger partial charge in [-0.1, -0.05) is 6.07 Å². The van der Waals surface area contributed by atoms with E-state index in [1.54, 1.807) is 0 Å². The van der Waals surface area contributed by atoms with Gasteiger partial charge in [-0.2, -0.15) is 0 Å². The fraction of sp³-hybridized carbons (Fsp3) is 0.500. The number of carbonyl (C=O) groups is 1. The molecule has 20 heavy (non-hydrogen) atoms. The average Bonchev–Trinajstić information content (AvgIpc) is 2.39. The quantitative estimate of drug-likeness (QED) is 0.927. The monoisotopic (exact) mass is 288 g/mol. The van der Waals surface area contributed by atoms with Crippen LogP contribution in [0.25, 0.3) is 0 Å². The summed E-state index contributed by atoms with van der Waals surface area (Å²) in [6.45, 7) is 0. The number of alkyl halides is 2. The van der Waals surface area contributed by atoms with Gasteiger partial charge in [-0.3, -0.25) is 4.79 Å². The Morgan fingerprint density at radius 2 is 1.85 bits per heavy atom. The number of methoxy groups -OCH3 is 1. The third kappa shape index (κ3) is 2.34. The summed E-state index contributed by atoms with van der Waals surface area (Å²) < 4.78 is 45.7. The summed E-state index contributed by atoms with van der Waals surface area (Å²) in [4.78, 5) is 11.6. The highest BCUT2D eigenvalue weighted by Gasteiger charge is 2.51. The molecule has 1 N–H and O–H groups in total. The van der Waals surface area contributed by atoms with E-state index in [-0.39, 0.29) is 24.2 Å². The number of aliphatic carboxylic acids is 1. The minimum absolute atomic E-state index is 0.0811. The van der Waals surface area contributed by atoms with Crippen LogP contribution in [0.4, 0.5) is 13.2 Å². The van der Waals surface area contributed by atoms with Crippen LogP contribution >= 0.6 is 0 Å². The van der Waals surface area contributed by atoms with E-state index >= 15 is 0 Å². The van der Waals surface area contributed by atoms with Crippen LogP contribution < -0.4 is 4.74 Å². The van der Waals surface area contributed by atoms with Crippen LogP contribution in [0.2, 0.25) is 0 Å². The number of ether oxygens (including phenoxy) is 1. The number of hydrogen-bond acceptors (Lipinski definition) is 2.